The van der Waals surface area contributed by atoms with Crippen molar-refractivity contribution in [3.8, 4) is 11.3 Å². The zero-order chi connectivity index (χ0) is 19.3. The minimum atomic E-state index is -0.241. The van der Waals surface area contributed by atoms with Crippen LogP contribution in [0.25, 0.3) is 11.3 Å². The molecule has 1 aromatic heterocycles. The maximum absolute atomic E-state index is 12.6. The summed E-state index contributed by atoms with van der Waals surface area (Å²) in [6.45, 7) is 5.27. The maximum atomic E-state index is 12.6. The second kappa shape index (κ2) is 9.05. The Labute approximate surface area is 168 Å². The van der Waals surface area contributed by atoms with Crippen LogP contribution in [0.5, 0.6) is 0 Å². The molecular weight excluding hydrogens is 382 g/mol. The van der Waals surface area contributed by atoms with E-state index >= 15 is 0 Å². The fraction of sp³-hybridized carbons (Fsp3) is 0.500. The van der Waals surface area contributed by atoms with E-state index < -0.39 is 0 Å². The largest absolute Gasteiger partial charge is 0.381 e. The summed E-state index contributed by atoms with van der Waals surface area (Å²) in [4.78, 5) is 15.0. The first-order valence-electron chi connectivity index (χ1n) is 9.61. The number of hydrogen-bond donors (Lipinski definition) is 1. The third kappa shape index (κ3) is 4.55. The Morgan fingerprint density at radius 1 is 1.25 bits per heavy atom. The molecule has 150 valence electrons. The molecule has 2 atom stereocenters. The Kier molecular flexibility index (Phi) is 6.26. The Hall–Kier alpha value is -1.93. The van der Waals surface area contributed by atoms with E-state index in [1.54, 1.807) is 18.2 Å². The summed E-state index contributed by atoms with van der Waals surface area (Å²) >= 11 is 6.02. The van der Waals surface area contributed by atoms with E-state index in [-0.39, 0.29) is 17.6 Å². The van der Waals surface area contributed by atoms with E-state index in [1.807, 2.05) is 12.1 Å². The number of carbonyl (C=O) groups excluding carboxylic acids is 1. The molecule has 1 amide bonds. The van der Waals surface area contributed by atoms with Crippen LogP contribution in [0.3, 0.4) is 0 Å². The van der Waals surface area contributed by atoms with Crippen LogP contribution in [0.2, 0.25) is 5.02 Å². The molecule has 2 aromatic rings. The summed E-state index contributed by atoms with van der Waals surface area (Å²) in [5.74, 6) is 0.688. The highest BCUT2D eigenvalue weighted by Crippen LogP contribution is 2.24. The molecule has 4 rings (SSSR count). The second-order valence-electron chi connectivity index (χ2n) is 7.14. The van der Waals surface area contributed by atoms with Gasteiger partial charge >= 0.3 is 0 Å². The van der Waals surface area contributed by atoms with E-state index in [0.717, 1.165) is 51.5 Å². The third-order valence-electron chi connectivity index (χ3n) is 5.35. The minimum Gasteiger partial charge on any atom is -0.381 e. The van der Waals surface area contributed by atoms with Crippen molar-refractivity contribution in [2.24, 2.45) is 5.92 Å². The van der Waals surface area contributed by atoms with Gasteiger partial charge in [0.1, 0.15) is 0 Å². The minimum absolute atomic E-state index is 0.231. The van der Waals surface area contributed by atoms with E-state index in [9.17, 15) is 4.79 Å². The quantitative estimate of drug-likeness (QED) is 0.795. The van der Waals surface area contributed by atoms with Crippen LogP contribution < -0.4 is 5.32 Å². The first kappa shape index (κ1) is 19.4. The van der Waals surface area contributed by atoms with Crippen LogP contribution in [0.1, 0.15) is 16.9 Å². The number of hydrogen-bond acceptors (Lipinski definition) is 6. The Morgan fingerprint density at radius 2 is 2.11 bits per heavy atom. The molecule has 0 saturated carbocycles. The van der Waals surface area contributed by atoms with E-state index in [2.05, 4.69) is 15.4 Å². The Morgan fingerprint density at radius 3 is 2.86 bits per heavy atom. The van der Waals surface area contributed by atoms with E-state index in [4.69, 9.17) is 25.6 Å². The first-order chi connectivity index (χ1) is 13.7. The number of nitrogens with zero attached hydrogens (tertiary/aromatic N) is 2. The van der Waals surface area contributed by atoms with Crippen molar-refractivity contribution in [2.75, 3.05) is 46.1 Å². The average Bonchev–Trinajstić information content (AvgIpc) is 3.41. The lowest BCUT2D eigenvalue weighted by Crippen LogP contribution is -2.52. The van der Waals surface area contributed by atoms with Crippen LogP contribution in [0, 0.1) is 5.92 Å². The Balaban J connectivity index is 1.40. The summed E-state index contributed by atoms with van der Waals surface area (Å²) in [7, 11) is 0. The van der Waals surface area contributed by atoms with Gasteiger partial charge in [0, 0.05) is 54.9 Å². The summed E-state index contributed by atoms with van der Waals surface area (Å²) < 4.78 is 16.4. The van der Waals surface area contributed by atoms with Crippen LogP contribution in [0.15, 0.2) is 34.9 Å². The van der Waals surface area contributed by atoms with Gasteiger partial charge < -0.3 is 19.3 Å². The number of morpholine rings is 1. The molecule has 2 aliphatic rings. The topological polar surface area (TPSA) is 76.8 Å². The highest BCUT2D eigenvalue weighted by molar-refractivity contribution is 6.30. The zero-order valence-corrected chi connectivity index (χ0v) is 16.4. The van der Waals surface area contributed by atoms with E-state index in [0.29, 0.717) is 23.2 Å². The van der Waals surface area contributed by atoms with Gasteiger partial charge in [0.15, 0.2) is 11.5 Å². The summed E-state index contributed by atoms with van der Waals surface area (Å²) in [6, 6.07) is 9.13. The highest BCUT2D eigenvalue weighted by Gasteiger charge is 2.32. The molecule has 2 unspecified atom stereocenters. The predicted octanol–water partition coefficient (Wildman–Crippen LogP) is 2.46. The molecule has 0 spiro atoms. The molecule has 7 nitrogen and oxygen atoms in total. The number of amides is 1. The van der Waals surface area contributed by atoms with Crippen molar-refractivity contribution >= 4 is 17.5 Å². The predicted molar refractivity (Wildman–Crippen MR) is 104 cm³/mol. The highest BCUT2D eigenvalue weighted by atomic mass is 35.5. The molecule has 3 heterocycles. The number of ether oxygens (including phenoxy) is 2. The molecular formula is C20H24ClN3O4. The molecule has 0 bridgehead atoms. The maximum Gasteiger partial charge on any atom is 0.273 e. The lowest BCUT2D eigenvalue weighted by atomic mass is 9.97. The number of carbonyl (C=O) groups is 1. The monoisotopic (exact) mass is 405 g/mol. The molecule has 1 aromatic carbocycles. The lowest BCUT2D eigenvalue weighted by molar-refractivity contribution is 0.00164. The van der Waals surface area contributed by atoms with Gasteiger partial charge in [-0.3, -0.25) is 9.69 Å². The number of rotatable bonds is 6. The standard InChI is InChI=1S/C20H24ClN3O4/c21-16-3-1-2-14(10-16)19-11-17(23-28-19)20(25)22-12-18(15-4-7-27-13-15)24-5-8-26-9-6-24/h1-3,10-11,15,18H,4-9,12-13H2,(H,22,25). The zero-order valence-electron chi connectivity index (χ0n) is 15.6. The normalized spacial score (nSPS) is 21.5. The van der Waals surface area contributed by atoms with Crippen molar-refractivity contribution in [3.05, 3.63) is 41.0 Å². The van der Waals surface area contributed by atoms with Crippen LogP contribution in [-0.2, 0) is 9.47 Å². The van der Waals surface area contributed by atoms with Gasteiger partial charge in [0.05, 0.1) is 19.8 Å². The third-order valence-corrected chi connectivity index (χ3v) is 5.58. The fourth-order valence-corrected chi connectivity index (χ4v) is 4.00. The number of halogens is 1. The molecule has 28 heavy (non-hydrogen) atoms. The van der Waals surface area contributed by atoms with Gasteiger partial charge in [-0.15, -0.1) is 0 Å². The molecule has 2 saturated heterocycles. The van der Waals surface area contributed by atoms with Gasteiger partial charge in [-0.25, -0.2) is 0 Å². The summed E-state index contributed by atoms with van der Waals surface area (Å²) in [5, 5.41) is 7.55. The second-order valence-corrected chi connectivity index (χ2v) is 7.57. The number of nitrogens with one attached hydrogen (secondary N) is 1. The molecule has 1 N–H and O–H groups in total. The number of benzene rings is 1. The molecule has 0 radical (unpaired) electrons. The van der Waals surface area contributed by atoms with Crippen molar-refractivity contribution in [3.63, 3.8) is 0 Å². The van der Waals surface area contributed by atoms with Crippen LogP contribution >= 0.6 is 11.6 Å². The van der Waals surface area contributed by atoms with Crippen LogP contribution in [0.4, 0.5) is 0 Å². The first-order valence-corrected chi connectivity index (χ1v) is 9.99. The molecule has 8 heteroatoms. The molecule has 2 fully saturated rings. The van der Waals surface area contributed by atoms with Gasteiger partial charge in [0.25, 0.3) is 5.91 Å². The van der Waals surface area contributed by atoms with Gasteiger partial charge in [-0.1, -0.05) is 28.9 Å². The molecule has 0 aliphatic carbocycles. The smallest absolute Gasteiger partial charge is 0.273 e. The van der Waals surface area contributed by atoms with Gasteiger partial charge in [-0.2, -0.15) is 0 Å². The van der Waals surface area contributed by atoms with Crippen molar-refractivity contribution in [1.29, 1.82) is 0 Å². The van der Waals surface area contributed by atoms with Crippen molar-refractivity contribution in [1.82, 2.24) is 15.4 Å². The number of aromatic nitrogens is 1. The summed E-state index contributed by atoms with van der Waals surface area (Å²) in [6.07, 6.45) is 1.01. The van der Waals surface area contributed by atoms with Crippen molar-refractivity contribution < 1.29 is 18.8 Å². The van der Waals surface area contributed by atoms with E-state index in [1.165, 1.54) is 0 Å². The fourth-order valence-electron chi connectivity index (χ4n) is 3.81. The van der Waals surface area contributed by atoms with Gasteiger partial charge in [-0.05, 0) is 18.6 Å². The van der Waals surface area contributed by atoms with Gasteiger partial charge in [0.2, 0.25) is 0 Å². The SMILES string of the molecule is O=C(NCC(C1CCOC1)N1CCOCC1)c1cc(-c2cccc(Cl)c2)on1. The van der Waals surface area contributed by atoms with Crippen LogP contribution in [-0.4, -0.2) is 68.1 Å². The lowest BCUT2D eigenvalue weighted by Gasteiger charge is -2.37. The average molecular weight is 406 g/mol. The summed E-state index contributed by atoms with van der Waals surface area (Å²) in [5.41, 5.74) is 1.05. The van der Waals surface area contributed by atoms with Crippen molar-refractivity contribution in [2.45, 2.75) is 12.5 Å². The Bertz CT molecular complexity index is 800. The molecule has 2 aliphatic heterocycles.